The van der Waals surface area contributed by atoms with Crippen LogP contribution in [0.5, 0.6) is 0 Å². The van der Waals surface area contributed by atoms with Crippen LogP contribution in [-0.4, -0.2) is 114 Å². The molecule has 0 atom stereocenters. The van der Waals surface area contributed by atoms with Gasteiger partial charge < -0.3 is 51.6 Å². The van der Waals surface area contributed by atoms with Gasteiger partial charge in [-0.15, -0.1) is 0 Å². The van der Waals surface area contributed by atoms with Crippen molar-refractivity contribution in [2.45, 2.75) is 66.5 Å². The summed E-state index contributed by atoms with van der Waals surface area (Å²) in [6.45, 7) is 15.7. The highest BCUT2D eigenvalue weighted by Crippen LogP contribution is 2.24. The molecular formula is C36H60N6O12Si2. The van der Waals surface area contributed by atoms with Crippen LogP contribution in [0.4, 0.5) is 32.3 Å². The number of hydrogen-bond acceptors (Lipinski definition) is 15. The summed E-state index contributed by atoms with van der Waals surface area (Å²) in [5.41, 5.74) is 1.74. The predicted octanol–water partition coefficient (Wildman–Crippen LogP) is 7.15. The SMILES string of the molecule is CCO[Si](CCCNC(=O)OCCN(CCOC(=O)NCCC[Si](OCC)(OCC)OCC)c1ccc(N=Nc2ccc([N+](=O)[O-])cc2)cc1)(OCC)OCC. The van der Waals surface area contributed by atoms with Crippen molar-refractivity contribution >= 4 is 52.5 Å². The van der Waals surface area contributed by atoms with Crippen molar-refractivity contribution in [2.75, 3.05) is 83.9 Å². The van der Waals surface area contributed by atoms with Crippen LogP contribution < -0.4 is 15.5 Å². The second-order valence-corrected chi connectivity index (χ2v) is 17.2. The summed E-state index contributed by atoms with van der Waals surface area (Å²) in [7, 11) is -5.63. The minimum absolute atomic E-state index is 0.0357. The highest BCUT2D eigenvalue weighted by Gasteiger charge is 2.40. The van der Waals surface area contributed by atoms with Crippen LogP contribution in [0.3, 0.4) is 0 Å². The van der Waals surface area contributed by atoms with Gasteiger partial charge in [0.1, 0.15) is 13.2 Å². The molecule has 0 saturated heterocycles. The van der Waals surface area contributed by atoms with Crippen LogP contribution in [0, 0.1) is 10.1 Å². The first-order valence-electron chi connectivity index (χ1n) is 19.2. The van der Waals surface area contributed by atoms with Crippen molar-refractivity contribution in [3.8, 4) is 0 Å². The van der Waals surface area contributed by atoms with Gasteiger partial charge in [-0.3, -0.25) is 10.1 Å². The minimum Gasteiger partial charge on any atom is -0.448 e. The first kappa shape index (κ1) is 48.1. The fourth-order valence-electron chi connectivity index (χ4n) is 5.45. The summed E-state index contributed by atoms with van der Waals surface area (Å²) in [5.74, 6) is 0. The van der Waals surface area contributed by atoms with Gasteiger partial charge in [-0.25, -0.2) is 9.59 Å². The number of nitrogens with one attached hydrogen (secondary N) is 2. The number of rotatable bonds is 30. The Morgan fingerprint density at radius 3 is 1.32 bits per heavy atom. The van der Waals surface area contributed by atoms with Crippen LogP contribution in [0.2, 0.25) is 12.1 Å². The second kappa shape index (κ2) is 27.6. The Morgan fingerprint density at radius 1 is 0.625 bits per heavy atom. The Morgan fingerprint density at radius 2 is 0.982 bits per heavy atom. The van der Waals surface area contributed by atoms with Gasteiger partial charge in [0.15, 0.2) is 0 Å². The van der Waals surface area contributed by atoms with Gasteiger partial charge >= 0.3 is 29.8 Å². The van der Waals surface area contributed by atoms with Crippen molar-refractivity contribution < 1.29 is 50.5 Å². The van der Waals surface area contributed by atoms with Crippen molar-refractivity contribution in [2.24, 2.45) is 10.2 Å². The van der Waals surface area contributed by atoms with Crippen LogP contribution in [0.15, 0.2) is 58.8 Å². The Balaban J connectivity index is 1.98. The smallest absolute Gasteiger partial charge is 0.448 e. The molecule has 0 unspecified atom stereocenters. The van der Waals surface area contributed by atoms with Gasteiger partial charge in [-0.2, -0.15) is 10.2 Å². The minimum atomic E-state index is -2.81. The third kappa shape index (κ3) is 18.3. The van der Waals surface area contributed by atoms with E-state index in [1.54, 1.807) is 12.1 Å². The van der Waals surface area contributed by atoms with Gasteiger partial charge in [-0.1, -0.05) is 0 Å². The number of azo groups is 1. The first-order chi connectivity index (χ1) is 27.1. The monoisotopic (exact) mass is 824 g/mol. The van der Waals surface area contributed by atoms with E-state index in [9.17, 15) is 19.7 Å². The third-order valence-electron chi connectivity index (χ3n) is 7.79. The first-order valence-corrected chi connectivity index (χ1v) is 23.1. The molecule has 0 bridgehead atoms. The zero-order chi connectivity index (χ0) is 41.1. The zero-order valence-electron chi connectivity index (χ0n) is 33.6. The van der Waals surface area contributed by atoms with E-state index < -0.39 is 34.7 Å². The van der Waals surface area contributed by atoms with E-state index in [2.05, 4.69) is 20.9 Å². The zero-order valence-corrected chi connectivity index (χ0v) is 35.6. The molecule has 20 heteroatoms. The molecule has 2 amide bonds. The average molecular weight is 825 g/mol. The standard InChI is InChI=1S/C36H60N6O12Si2/c1-7-49-55(50-8-2,51-9-3)29-13-23-37-35(43)47-27-25-41(26-28-48-36(44)38-24-14-30-56(52-10-4,53-11-5)54-12-6)33-19-15-31(16-20-33)39-40-32-17-21-34(22-18-32)42(45)46/h15-22H,7-14,23-30H2,1-6H3,(H,37,43)(H,38,44). The summed E-state index contributed by atoms with van der Waals surface area (Å²) >= 11 is 0. The Kier molecular flexibility index (Phi) is 23.7. The summed E-state index contributed by atoms with van der Waals surface area (Å²) in [4.78, 5) is 37.5. The fraction of sp³-hybridized carbons (Fsp3) is 0.611. The van der Waals surface area contributed by atoms with E-state index in [1.165, 1.54) is 24.3 Å². The van der Waals surface area contributed by atoms with Crippen LogP contribution in [0.25, 0.3) is 0 Å². The van der Waals surface area contributed by atoms with E-state index >= 15 is 0 Å². The van der Waals surface area contributed by atoms with Crippen molar-refractivity contribution in [3.63, 3.8) is 0 Å². The maximum atomic E-state index is 12.6. The lowest BCUT2D eigenvalue weighted by atomic mass is 10.2. The van der Waals surface area contributed by atoms with E-state index in [0.29, 0.717) is 102 Å². The number of anilines is 1. The number of hydrogen-bond donors (Lipinski definition) is 2. The lowest BCUT2D eigenvalue weighted by Crippen LogP contribution is -2.46. The highest BCUT2D eigenvalue weighted by molar-refractivity contribution is 6.61. The molecule has 0 aliphatic carbocycles. The molecule has 314 valence electrons. The van der Waals surface area contributed by atoms with Gasteiger partial charge in [0.2, 0.25) is 0 Å². The number of ether oxygens (including phenoxy) is 2. The topological polar surface area (TPSA) is 203 Å². The predicted molar refractivity (Wildman–Crippen MR) is 215 cm³/mol. The van der Waals surface area contributed by atoms with Gasteiger partial charge in [0.25, 0.3) is 5.69 Å². The van der Waals surface area contributed by atoms with Crippen LogP contribution >= 0.6 is 0 Å². The van der Waals surface area contributed by atoms with Crippen LogP contribution in [0.1, 0.15) is 54.4 Å². The number of carbonyl (C=O) groups excluding carboxylic acids is 2. The number of non-ortho nitro benzene ring substituents is 1. The Labute approximate surface area is 332 Å². The van der Waals surface area contributed by atoms with E-state index in [0.717, 1.165) is 5.69 Å². The van der Waals surface area contributed by atoms with E-state index in [1.807, 2.05) is 58.6 Å². The normalized spacial score (nSPS) is 11.8. The number of nitro groups is 1. The summed E-state index contributed by atoms with van der Waals surface area (Å²) < 4.78 is 46.2. The molecule has 0 heterocycles. The lowest BCUT2D eigenvalue weighted by Gasteiger charge is -2.28. The highest BCUT2D eigenvalue weighted by atomic mass is 28.4. The molecule has 2 aromatic carbocycles. The molecule has 0 fully saturated rings. The van der Waals surface area contributed by atoms with Crippen molar-refractivity contribution in [3.05, 3.63) is 58.6 Å². The largest absolute Gasteiger partial charge is 0.500 e. The molecule has 18 nitrogen and oxygen atoms in total. The van der Waals surface area contributed by atoms with E-state index in [-0.39, 0.29) is 18.9 Å². The van der Waals surface area contributed by atoms with E-state index in [4.69, 9.17) is 36.0 Å². The number of carbonyl (C=O) groups is 2. The average Bonchev–Trinajstić information content (AvgIpc) is 3.18. The molecule has 0 radical (unpaired) electrons. The lowest BCUT2D eigenvalue weighted by molar-refractivity contribution is -0.384. The van der Waals surface area contributed by atoms with Gasteiger partial charge in [0, 0.05) is 82.6 Å². The molecule has 0 aromatic heterocycles. The van der Waals surface area contributed by atoms with Gasteiger partial charge in [-0.05, 0) is 90.8 Å². The van der Waals surface area contributed by atoms with Crippen molar-refractivity contribution in [1.29, 1.82) is 0 Å². The Bertz CT molecular complexity index is 1360. The molecule has 0 spiro atoms. The molecule has 2 N–H and O–H groups in total. The Hall–Kier alpha value is -4.03. The molecule has 0 aliphatic heterocycles. The van der Waals surface area contributed by atoms with Crippen LogP contribution in [-0.2, 0) is 36.0 Å². The quantitative estimate of drug-likeness (QED) is 0.0265. The van der Waals surface area contributed by atoms with Crippen molar-refractivity contribution in [1.82, 2.24) is 10.6 Å². The molecule has 2 rings (SSSR count). The number of nitrogens with zero attached hydrogens (tertiary/aromatic N) is 4. The summed E-state index contributed by atoms with van der Waals surface area (Å²) in [6.07, 6.45) is 0.0535. The number of amides is 2. The number of alkyl carbamates (subject to hydrolysis) is 2. The fourth-order valence-corrected chi connectivity index (χ4v) is 10.7. The molecule has 56 heavy (non-hydrogen) atoms. The third-order valence-corrected chi connectivity index (χ3v) is 14.1. The number of benzene rings is 2. The van der Waals surface area contributed by atoms with Gasteiger partial charge in [0.05, 0.1) is 29.4 Å². The molecule has 0 saturated carbocycles. The molecular weight excluding hydrogens is 765 g/mol. The molecule has 2 aromatic rings. The summed E-state index contributed by atoms with van der Waals surface area (Å²) in [6, 6.07) is 14.0. The maximum absolute atomic E-state index is 12.6. The molecule has 0 aliphatic rings. The number of nitro benzene ring substituents is 1. The summed E-state index contributed by atoms with van der Waals surface area (Å²) in [5, 5.41) is 24.8. The second-order valence-electron chi connectivity index (χ2n) is 11.8. The maximum Gasteiger partial charge on any atom is 0.500 e.